The summed E-state index contributed by atoms with van der Waals surface area (Å²) in [4.78, 5) is 14.4. The molecule has 3 rings (SSSR count). The number of aliphatic hydroxyl groups is 1. The summed E-state index contributed by atoms with van der Waals surface area (Å²) in [6.45, 7) is 4.55. The number of benzene rings is 2. The second-order valence-electron chi connectivity index (χ2n) is 6.09. The zero-order valence-electron chi connectivity index (χ0n) is 13.5. The van der Waals surface area contributed by atoms with E-state index in [4.69, 9.17) is 0 Å². The molecule has 0 spiro atoms. The molecule has 1 atom stereocenters. The van der Waals surface area contributed by atoms with Crippen LogP contribution >= 0.6 is 0 Å². The molecule has 2 N–H and O–H groups in total. The van der Waals surface area contributed by atoms with Crippen molar-refractivity contribution in [3.63, 3.8) is 0 Å². The van der Waals surface area contributed by atoms with Gasteiger partial charge in [0.05, 0.1) is 12.6 Å². The zero-order chi connectivity index (χ0) is 16.4. The van der Waals surface area contributed by atoms with Gasteiger partial charge in [-0.3, -0.25) is 0 Å². The first-order valence-corrected chi connectivity index (χ1v) is 7.93. The summed E-state index contributed by atoms with van der Waals surface area (Å²) in [5, 5.41) is 12.8. The van der Waals surface area contributed by atoms with Gasteiger partial charge in [0.15, 0.2) is 0 Å². The highest BCUT2D eigenvalue weighted by atomic mass is 16.3. The molecule has 1 aliphatic heterocycles. The number of hydrogen-bond donors (Lipinski definition) is 2. The highest BCUT2D eigenvalue weighted by Crippen LogP contribution is 2.30. The van der Waals surface area contributed by atoms with Crippen LogP contribution in [-0.4, -0.2) is 29.2 Å². The molecule has 2 aromatic rings. The van der Waals surface area contributed by atoms with Crippen molar-refractivity contribution in [2.24, 2.45) is 0 Å². The molecule has 4 heteroatoms. The van der Waals surface area contributed by atoms with E-state index >= 15 is 0 Å². The summed E-state index contributed by atoms with van der Waals surface area (Å²) in [7, 11) is 0. The third-order valence-corrected chi connectivity index (χ3v) is 4.47. The fourth-order valence-electron chi connectivity index (χ4n) is 3.23. The van der Waals surface area contributed by atoms with Crippen LogP contribution in [0.4, 0.5) is 10.5 Å². The molecular weight excluding hydrogens is 288 g/mol. The van der Waals surface area contributed by atoms with Gasteiger partial charge in [-0.05, 0) is 43.0 Å². The number of fused-ring (bicyclic) bond motifs is 1. The molecule has 1 unspecified atom stereocenters. The van der Waals surface area contributed by atoms with Crippen LogP contribution < -0.4 is 5.32 Å². The predicted molar refractivity (Wildman–Crippen MR) is 91.6 cm³/mol. The van der Waals surface area contributed by atoms with Crippen molar-refractivity contribution < 1.29 is 9.90 Å². The molecule has 0 radical (unpaired) electrons. The lowest BCUT2D eigenvalue weighted by atomic mass is 9.93. The minimum atomic E-state index is -0.286. The van der Waals surface area contributed by atoms with Gasteiger partial charge in [-0.2, -0.15) is 0 Å². The Morgan fingerprint density at radius 3 is 2.78 bits per heavy atom. The fourth-order valence-corrected chi connectivity index (χ4v) is 3.23. The maximum absolute atomic E-state index is 12.7. The van der Waals surface area contributed by atoms with Crippen LogP contribution in [0.15, 0.2) is 42.5 Å². The summed E-state index contributed by atoms with van der Waals surface area (Å²) in [6, 6.07) is 13.5. The maximum atomic E-state index is 12.7. The number of rotatable bonds is 2. The Hall–Kier alpha value is -2.33. The highest BCUT2D eigenvalue weighted by Gasteiger charge is 2.30. The van der Waals surface area contributed by atoms with Crippen molar-refractivity contribution in [3.8, 4) is 0 Å². The van der Waals surface area contributed by atoms with E-state index in [0.29, 0.717) is 6.54 Å². The zero-order valence-corrected chi connectivity index (χ0v) is 13.5. The number of hydrogen-bond acceptors (Lipinski definition) is 2. The second kappa shape index (κ2) is 6.42. The Morgan fingerprint density at radius 2 is 2.04 bits per heavy atom. The molecule has 0 aliphatic carbocycles. The van der Waals surface area contributed by atoms with Gasteiger partial charge in [0.1, 0.15) is 0 Å². The molecular formula is C19H22N2O2. The van der Waals surface area contributed by atoms with E-state index in [9.17, 15) is 9.90 Å². The van der Waals surface area contributed by atoms with Crippen molar-refractivity contribution in [1.82, 2.24) is 4.90 Å². The molecule has 4 nitrogen and oxygen atoms in total. The van der Waals surface area contributed by atoms with Gasteiger partial charge in [0.25, 0.3) is 0 Å². The number of carbonyl (C=O) groups excluding carboxylic acids is 1. The Labute approximate surface area is 136 Å². The number of aliphatic hydroxyl groups excluding tert-OH is 1. The molecule has 0 bridgehead atoms. The Bertz CT molecular complexity index is 727. The number of aryl methyl sites for hydroxylation is 2. The summed E-state index contributed by atoms with van der Waals surface area (Å²) in [6.07, 6.45) is 0.812. The van der Waals surface area contributed by atoms with E-state index in [2.05, 4.69) is 11.4 Å². The van der Waals surface area contributed by atoms with Crippen LogP contribution in [0.5, 0.6) is 0 Å². The SMILES string of the molecule is Cc1ccc(NC(=O)N2CCc3ccccc3C2CO)c(C)c1. The number of anilines is 1. The lowest BCUT2D eigenvalue weighted by Crippen LogP contribution is -2.43. The van der Waals surface area contributed by atoms with Crippen LogP contribution in [0.25, 0.3) is 0 Å². The van der Waals surface area contributed by atoms with Crippen molar-refractivity contribution >= 4 is 11.7 Å². The van der Waals surface area contributed by atoms with Gasteiger partial charge in [-0.25, -0.2) is 4.79 Å². The minimum absolute atomic E-state index is 0.0721. The van der Waals surface area contributed by atoms with Gasteiger partial charge in [0.2, 0.25) is 0 Å². The molecule has 1 aliphatic rings. The van der Waals surface area contributed by atoms with E-state index in [0.717, 1.165) is 23.2 Å². The first-order valence-electron chi connectivity index (χ1n) is 7.93. The van der Waals surface area contributed by atoms with Gasteiger partial charge < -0.3 is 15.3 Å². The molecule has 0 fully saturated rings. The monoisotopic (exact) mass is 310 g/mol. The van der Waals surface area contributed by atoms with E-state index in [-0.39, 0.29) is 18.7 Å². The normalized spacial score (nSPS) is 16.8. The van der Waals surface area contributed by atoms with Crippen LogP contribution in [0.3, 0.4) is 0 Å². The summed E-state index contributed by atoms with van der Waals surface area (Å²) in [5.41, 5.74) is 5.27. The third kappa shape index (κ3) is 3.08. The first kappa shape index (κ1) is 15.6. The lowest BCUT2D eigenvalue weighted by molar-refractivity contribution is 0.135. The number of urea groups is 1. The number of nitrogens with one attached hydrogen (secondary N) is 1. The highest BCUT2D eigenvalue weighted by molar-refractivity contribution is 5.90. The van der Waals surface area contributed by atoms with Crippen LogP contribution in [-0.2, 0) is 6.42 Å². The Kier molecular flexibility index (Phi) is 4.35. The maximum Gasteiger partial charge on any atom is 0.322 e. The molecule has 0 aromatic heterocycles. The standard InChI is InChI=1S/C19H22N2O2/c1-13-7-8-17(14(2)11-13)20-19(23)21-10-9-15-5-3-4-6-16(15)18(21)12-22/h3-8,11,18,22H,9-10,12H2,1-2H3,(H,20,23). The third-order valence-electron chi connectivity index (χ3n) is 4.47. The molecule has 1 heterocycles. The van der Waals surface area contributed by atoms with Crippen LogP contribution in [0.2, 0.25) is 0 Å². The number of amides is 2. The van der Waals surface area contributed by atoms with Gasteiger partial charge in [-0.15, -0.1) is 0 Å². The van der Waals surface area contributed by atoms with Crippen LogP contribution in [0, 0.1) is 13.8 Å². The predicted octanol–water partition coefficient (Wildman–Crippen LogP) is 3.43. The second-order valence-corrected chi connectivity index (χ2v) is 6.09. The quantitative estimate of drug-likeness (QED) is 0.893. The van der Waals surface area contributed by atoms with E-state index in [1.807, 2.05) is 50.2 Å². The molecule has 2 amide bonds. The number of nitrogens with zero attached hydrogens (tertiary/aromatic N) is 1. The van der Waals surface area contributed by atoms with Crippen LogP contribution in [0.1, 0.15) is 28.3 Å². The van der Waals surface area contributed by atoms with Crippen molar-refractivity contribution in [2.75, 3.05) is 18.5 Å². The topological polar surface area (TPSA) is 52.6 Å². The molecule has 0 saturated carbocycles. The van der Waals surface area contributed by atoms with E-state index < -0.39 is 0 Å². The molecule has 23 heavy (non-hydrogen) atoms. The first-order chi connectivity index (χ1) is 11.1. The fraction of sp³-hybridized carbons (Fsp3) is 0.316. The van der Waals surface area contributed by atoms with Gasteiger partial charge in [0, 0.05) is 12.2 Å². The summed E-state index contributed by atoms with van der Waals surface area (Å²) >= 11 is 0. The van der Waals surface area contributed by atoms with Crippen molar-refractivity contribution in [3.05, 3.63) is 64.7 Å². The minimum Gasteiger partial charge on any atom is -0.394 e. The van der Waals surface area contributed by atoms with Gasteiger partial charge in [-0.1, -0.05) is 42.0 Å². The van der Waals surface area contributed by atoms with Crippen molar-refractivity contribution in [1.29, 1.82) is 0 Å². The average molecular weight is 310 g/mol. The summed E-state index contributed by atoms with van der Waals surface area (Å²) in [5.74, 6) is 0. The molecule has 2 aromatic carbocycles. The van der Waals surface area contributed by atoms with E-state index in [1.54, 1.807) is 4.90 Å². The van der Waals surface area contributed by atoms with E-state index in [1.165, 1.54) is 11.1 Å². The van der Waals surface area contributed by atoms with Gasteiger partial charge >= 0.3 is 6.03 Å². The largest absolute Gasteiger partial charge is 0.394 e. The molecule has 120 valence electrons. The summed E-state index contributed by atoms with van der Waals surface area (Å²) < 4.78 is 0. The Morgan fingerprint density at radius 1 is 1.26 bits per heavy atom. The Balaban J connectivity index is 1.82. The van der Waals surface area contributed by atoms with Crippen molar-refractivity contribution in [2.45, 2.75) is 26.3 Å². The lowest BCUT2D eigenvalue weighted by Gasteiger charge is -2.36. The molecule has 0 saturated heterocycles. The average Bonchev–Trinajstić information content (AvgIpc) is 2.56. The number of carbonyl (C=O) groups is 1. The smallest absolute Gasteiger partial charge is 0.322 e.